The Hall–Kier alpha value is -0.450. The molecule has 14 heavy (non-hydrogen) atoms. The Kier molecular flexibility index (Phi) is 5.07. The molecular weight excluding hydrogens is 198 g/mol. The Bertz CT molecular complexity index is 262. The van der Waals surface area contributed by atoms with Crippen molar-refractivity contribution >= 4 is 11.8 Å². The van der Waals surface area contributed by atoms with Gasteiger partial charge in [-0.1, -0.05) is 0 Å². The van der Waals surface area contributed by atoms with Crippen LogP contribution in [-0.4, -0.2) is 23.2 Å². The number of hydrogen-bond donors (Lipinski definition) is 2. The van der Waals surface area contributed by atoms with Crippen molar-refractivity contribution in [1.82, 2.24) is 5.32 Å². The van der Waals surface area contributed by atoms with Gasteiger partial charge >= 0.3 is 0 Å². The van der Waals surface area contributed by atoms with Crippen molar-refractivity contribution in [1.29, 1.82) is 0 Å². The number of rotatable bonds is 6. The summed E-state index contributed by atoms with van der Waals surface area (Å²) in [6, 6.07) is 4.17. The summed E-state index contributed by atoms with van der Waals surface area (Å²) in [5.41, 5.74) is 0. The summed E-state index contributed by atoms with van der Waals surface area (Å²) in [5.74, 6) is 2.59. The fraction of sp³-hybridized carbons (Fsp3) is 0.600. The molecule has 0 radical (unpaired) electrons. The van der Waals surface area contributed by atoms with Crippen LogP contribution in [0.15, 0.2) is 16.5 Å². The number of aliphatic hydroxyl groups is 1. The van der Waals surface area contributed by atoms with Gasteiger partial charge in [-0.05, 0) is 25.3 Å². The molecule has 0 aliphatic heterocycles. The molecule has 0 amide bonds. The SMILES string of the molecule is CSCC(C)NCc1ccc(CO)o1. The smallest absolute Gasteiger partial charge is 0.129 e. The van der Waals surface area contributed by atoms with Gasteiger partial charge in [0.05, 0.1) is 6.54 Å². The second-order valence-corrected chi connectivity index (χ2v) is 4.17. The molecule has 1 aromatic rings. The topological polar surface area (TPSA) is 45.4 Å². The average Bonchev–Trinajstić information content (AvgIpc) is 2.63. The van der Waals surface area contributed by atoms with E-state index in [1.807, 2.05) is 17.8 Å². The van der Waals surface area contributed by atoms with Crippen LogP contribution >= 0.6 is 11.8 Å². The van der Waals surface area contributed by atoms with E-state index in [4.69, 9.17) is 9.52 Å². The molecule has 3 nitrogen and oxygen atoms in total. The van der Waals surface area contributed by atoms with Crippen LogP contribution in [0.25, 0.3) is 0 Å². The minimum absolute atomic E-state index is 0.0274. The van der Waals surface area contributed by atoms with Crippen LogP contribution < -0.4 is 5.32 Å². The van der Waals surface area contributed by atoms with Crippen molar-refractivity contribution in [3.05, 3.63) is 23.7 Å². The van der Waals surface area contributed by atoms with Gasteiger partial charge < -0.3 is 14.8 Å². The second kappa shape index (κ2) is 6.11. The summed E-state index contributed by atoms with van der Waals surface area (Å²) in [6.45, 7) is 2.84. The lowest BCUT2D eigenvalue weighted by atomic mass is 10.3. The first-order valence-corrected chi connectivity index (χ1v) is 6.06. The number of thioether (sulfide) groups is 1. The fourth-order valence-electron chi connectivity index (χ4n) is 1.19. The maximum Gasteiger partial charge on any atom is 0.129 e. The van der Waals surface area contributed by atoms with E-state index in [1.165, 1.54) is 0 Å². The maximum absolute atomic E-state index is 8.80. The van der Waals surface area contributed by atoms with Crippen molar-refractivity contribution in [2.45, 2.75) is 26.1 Å². The first-order chi connectivity index (χ1) is 6.76. The van der Waals surface area contributed by atoms with Crippen LogP contribution in [0, 0.1) is 0 Å². The molecule has 1 rings (SSSR count). The molecule has 0 aliphatic carbocycles. The van der Waals surface area contributed by atoms with Gasteiger partial charge in [0.15, 0.2) is 0 Å². The second-order valence-electron chi connectivity index (χ2n) is 3.26. The molecule has 0 fully saturated rings. The van der Waals surface area contributed by atoms with E-state index in [0.29, 0.717) is 11.8 Å². The minimum Gasteiger partial charge on any atom is -0.462 e. The summed E-state index contributed by atoms with van der Waals surface area (Å²) in [6.07, 6.45) is 2.09. The number of aliphatic hydroxyl groups excluding tert-OH is 1. The Morgan fingerprint density at radius 3 is 2.79 bits per heavy atom. The van der Waals surface area contributed by atoms with Crippen molar-refractivity contribution < 1.29 is 9.52 Å². The largest absolute Gasteiger partial charge is 0.462 e. The highest BCUT2D eigenvalue weighted by molar-refractivity contribution is 7.98. The molecule has 0 saturated heterocycles. The van der Waals surface area contributed by atoms with Crippen LogP contribution in [0.2, 0.25) is 0 Å². The predicted molar refractivity (Wildman–Crippen MR) is 59.3 cm³/mol. The van der Waals surface area contributed by atoms with Crippen molar-refractivity contribution in [2.24, 2.45) is 0 Å². The molecule has 0 aromatic carbocycles. The first kappa shape index (κ1) is 11.6. The predicted octanol–water partition coefficient (Wildman–Crippen LogP) is 1.61. The van der Waals surface area contributed by atoms with Gasteiger partial charge in [0, 0.05) is 11.8 Å². The Morgan fingerprint density at radius 2 is 2.21 bits per heavy atom. The van der Waals surface area contributed by atoms with Gasteiger partial charge in [-0.15, -0.1) is 0 Å². The van der Waals surface area contributed by atoms with Crippen molar-refractivity contribution in [3.63, 3.8) is 0 Å². The van der Waals surface area contributed by atoms with Crippen LogP contribution in [0.5, 0.6) is 0 Å². The maximum atomic E-state index is 8.80. The Balaban J connectivity index is 2.30. The lowest BCUT2D eigenvalue weighted by Crippen LogP contribution is -2.27. The van der Waals surface area contributed by atoms with E-state index < -0.39 is 0 Å². The highest BCUT2D eigenvalue weighted by Gasteiger charge is 2.03. The van der Waals surface area contributed by atoms with E-state index in [9.17, 15) is 0 Å². The molecule has 0 saturated carbocycles. The molecule has 2 N–H and O–H groups in total. The summed E-state index contributed by atoms with van der Waals surface area (Å²) >= 11 is 1.82. The highest BCUT2D eigenvalue weighted by Crippen LogP contribution is 2.07. The van der Waals surface area contributed by atoms with E-state index in [1.54, 1.807) is 6.07 Å². The van der Waals surface area contributed by atoms with Gasteiger partial charge in [0.1, 0.15) is 18.1 Å². The lowest BCUT2D eigenvalue weighted by Gasteiger charge is -2.10. The minimum atomic E-state index is -0.0274. The normalized spacial score (nSPS) is 13.1. The standard InChI is InChI=1S/C10H17NO2S/c1-8(7-14-2)11-5-9-3-4-10(6-12)13-9/h3-4,8,11-12H,5-7H2,1-2H3. The summed E-state index contributed by atoms with van der Waals surface area (Å²) in [7, 11) is 0. The number of furan rings is 1. The molecule has 1 aromatic heterocycles. The monoisotopic (exact) mass is 215 g/mol. The zero-order valence-electron chi connectivity index (χ0n) is 8.62. The average molecular weight is 215 g/mol. The lowest BCUT2D eigenvalue weighted by molar-refractivity contribution is 0.242. The van der Waals surface area contributed by atoms with Gasteiger partial charge in [-0.2, -0.15) is 11.8 Å². The Labute approximate surface area is 88.9 Å². The molecule has 0 spiro atoms. The molecule has 1 unspecified atom stereocenters. The van der Waals surface area contributed by atoms with E-state index in [-0.39, 0.29) is 6.61 Å². The van der Waals surface area contributed by atoms with Crippen molar-refractivity contribution in [2.75, 3.05) is 12.0 Å². The summed E-state index contributed by atoms with van der Waals surface area (Å²) < 4.78 is 5.34. The molecule has 1 heterocycles. The fourth-order valence-corrected chi connectivity index (χ4v) is 1.80. The van der Waals surface area contributed by atoms with Crippen LogP contribution in [-0.2, 0) is 13.2 Å². The van der Waals surface area contributed by atoms with E-state index in [0.717, 1.165) is 18.1 Å². The van der Waals surface area contributed by atoms with E-state index >= 15 is 0 Å². The van der Waals surface area contributed by atoms with Gasteiger partial charge in [0.2, 0.25) is 0 Å². The molecule has 1 atom stereocenters. The van der Waals surface area contributed by atoms with Crippen LogP contribution in [0.3, 0.4) is 0 Å². The number of hydrogen-bond acceptors (Lipinski definition) is 4. The van der Waals surface area contributed by atoms with E-state index in [2.05, 4.69) is 18.5 Å². The van der Waals surface area contributed by atoms with Gasteiger partial charge in [0.25, 0.3) is 0 Å². The van der Waals surface area contributed by atoms with Gasteiger partial charge in [-0.3, -0.25) is 0 Å². The zero-order chi connectivity index (χ0) is 10.4. The third-order valence-electron chi connectivity index (χ3n) is 1.91. The van der Waals surface area contributed by atoms with Crippen LogP contribution in [0.4, 0.5) is 0 Å². The zero-order valence-corrected chi connectivity index (χ0v) is 9.43. The quantitative estimate of drug-likeness (QED) is 0.757. The van der Waals surface area contributed by atoms with Crippen molar-refractivity contribution in [3.8, 4) is 0 Å². The van der Waals surface area contributed by atoms with Crippen LogP contribution in [0.1, 0.15) is 18.4 Å². The summed E-state index contributed by atoms with van der Waals surface area (Å²) in [4.78, 5) is 0. The first-order valence-electron chi connectivity index (χ1n) is 4.67. The number of nitrogens with one attached hydrogen (secondary N) is 1. The molecular formula is C10H17NO2S. The molecule has 0 aliphatic rings. The third kappa shape index (κ3) is 3.74. The molecule has 0 bridgehead atoms. The molecule has 4 heteroatoms. The highest BCUT2D eigenvalue weighted by atomic mass is 32.2. The van der Waals surface area contributed by atoms with Gasteiger partial charge in [-0.25, -0.2) is 0 Å². The molecule has 80 valence electrons. The summed E-state index contributed by atoms with van der Waals surface area (Å²) in [5, 5.41) is 12.1. The third-order valence-corrected chi connectivity index (χ3v) is 2.75. The Morgan fingerprint density at radius 1 is 1.50 bits per heavy atom.